The fourth-order valence-electron chi connectivity index (χ4n) is 1.31. The Morgan fingerprint density at radius 1 is 1.41 bits per heavy atom. The van der Waals surface area contributed by atoms with Crippen LogP contribution in [0.2, 0.25) is 5.02 Å². The minimum Gasteiger partial charge on any atom is -0.508 e. The number of hydrogen-bond acceptors (Lipinski definition) is 5. The average molecular weight is 261 g/mol. The lowest BCUT2D eigenvalue weighted by Crippen LogP contribution is -2.29. The Balaban J connectivity index is 2.87. The Kier molecular flexibility index (Phi) is 4.74. The lowest BCUT2D eigenvalue weighted by Gasteiger charge is -2.17. The number of hydrogen-bond donors (Lipinski definition) is 3. The molecule has 1 rings (SSSR count). The summed E-state index contributed by atoms with van der Waals surface area (Å²) in [6, 6.07) is 3.82. The van der Waals surface area contributed by atoms with E-state index in [0.717, 1.165) is 0 Å². The smallest absolute Gasteiger partial charge is 0.338 e. The van der Waals surface area contributed by atoms with E-state index in [1.165, 1.54) is 18.2 Å². The summed E-state index contributed by atoms with van der Waals surface area (Å²) in [6.45, 7) is 1.69. The zero-order chi connectivity index (χ0) is 13.0. The third kappa shape index (κ3) is 3.59. The van der Waals surface area contributed by atoms with Gasteiger partial charge in [-0.1, -0.05) is 11.6 Å². The van der Waals surface area contributed by atoms with Crippen molar-refractivity contribution in [3.63, 3.8) is 0 Å². The van der Waals surface area contributed by atoms with Crippen LogP contribution in [0.4, 0.5) is 0 Å². The van der Waals surface area contributed by atoms with Crippen LogP contribution in [-0.2, 0) is 9.53 Å². The second-order valence-corrected chi connectivity index (χ2v) is 3.82. The van der Waals surface area contributed by atoms with Crippen LogP contribution in [0.15, 0.2) is 18.2 Å². The van der Waals surface area contributed by atoms with Crippen LogP contribution in [0, 0.1) is 0 Å². The molecule has 0 bridgehead atoms. The van der Waals surface area contributed by atoms with Gasteiger partial charge in [0.25, 0.3) is 0 Å². The minimum atomic E-state index is -1.71. The van der Waals surface area contributed by atoms with Gasteiger partial charge in [-0.25, -0.2) is 4.79 Å². The van der Waals surface area contributed by atoms with Gasteiger partial charge in [0, 0.05) is 5.02 Å². The van der Waals surface area contributed by atoms with Crippen molar-refractivity contribution >= 4 is 17.6 Å². The fourth-order valence-corrected chi connectivity index (χ4v) is 1.54. The van der Waals surface area contributed by atoms with Gasteiger partial charge in [-0.3, -0.25) is 0 Å². The molecule has 94 valence electrons. The molecule has 0 heterocycles. The number of carbonyl (C=O) groups is 1. The highest BCUT2D eigenvalue weighted by atomic mass is 35.5. The molecule has 1 aromatic carbocycles. The molecule has 0 aliphatic rings. The van der Waals surface area contributed by atoms with E-state index in [1.54, 1.807) is 6.92 Å². The van der Waals surface area contributed by atoms with Crippen LogP contribution >= 0.6 is 11.6 Å². The fraction of sp³-hybridized carbons (Fsp3) is 0.364. The van der Waals surface area contributed by atoms with E-state index in [2.05, 4.69) is 4.74 Å². The van der Waals surface area contributed by atoms with Gasteiger partial charge in [0.15, 0.2) is 6.10 Å². The molecule has 0 saturated carbocycles. The van der Waals surface area contributed by atoms with Gasteiger partial charge in [-0.05, 0) is 30.7 Å². The van der Waals surface area contributed by atoms with E-state index in [4.69, 9.17) is 11.6 Å². The van der Waals surface area contributed by atoms with Crippen molar-refractivity contribution in [2.45, 2.75) is 19.1 Å². The summed E-state index contributed by atoms with van der Waals surface area (Å²) in [7, 11) is 0. The van der Waals surface area contributed by atoms with Crippen molar-refractivity contribution in [3.05, 3.63) is 28.8 Å². The highest BCUT2D eigenvalue weighted by Crippen LogP contribution is 2.26. The topological polar surface area (TPSA) is 87.0 Å². The lowest BCUT2D eigenvalue weighted by atomic mass is 10.0. The van der Waals surface area contributed by atoms with E-state index in [9.17, 15) is 20.1 Å². The number of phenols is 1. The van der Waals surface area contributed by atoms with Crippen molar-refractivity contribution in [1.82, 2.24) is 0 Å². The number of rotatable bonds is 4. The Labute approximate surface area is 103 Å². The number of ether oxygens (including phenoxy) is 1. The standard InChI is InChI=1S/C11H13ClO5/c1-2-17-11(16)10(15)9(14)6-3-7(12)5-8(13)4-6/h3-5,9-10,13-15H,2H2,1H3. The molecular weight excluding hydrogens is 248 g/mol. The van der Waals surface area contributed by atoms with E-state index >= 15 is 0 Å². The normalized spacial score (nSPS) is 14.1. The molecule has 0 fully saturated rings. The van der Waals surface area contributed by atoms with E-state index in [-0.39, 0.29) is 22.9 Å². The molecule has 5 nitrogen and oxygen atoms in total. The highest BCUT2D eigenvalue weighted by molar-refractivity contribution is 6.30. The summed E-state index contributed by atoms with van der Waals surface area (Å²) in [5.41, 5.74) is 0.135. The molecule has 0 amide bonds. The maximum Gasteiger partial charge on any atom is 0.338 e. The first-order valence-corrected chi connectivity index (χ1v) is 5.35. The van der Waals surface area contributed by atoms with E-state index < -0.39 is 18.2 Å². The number of esters is 1. The van der Waals surface area contributed by atoms with Gasteiger partial charge >= 0.3 is 5.97 Å². The van der Waals surface area contributed by atoms with Crippen molar-refractivity contribution in [1.29, 1.82) is 0 Å². The minimum absolute atomic E-state index is 0.101. The summed E-state index contributed by atoms with van der Waals surface area (Å²) in [5, 5.41) is 28.7. The zero-order valence-corrected chi connectivity index (χ0v) is 9.89. The van der Waals surface area contributed by atoms with Gasteiger partial charge < -0.3 is 20.1 Å². The SMILES string of the molecule is CCOC(=O)C(O)C(O)c1cc(O)cc(Cl)c1. The van der Waals surface area contributed by atoms with Crippen LogP contribution in [0.1, 0.15) is 18.6 Å². The largest absolute Gasteiger partial charge is 0.508 e. The Hall–Kier alpha value is -1.30. The van der Waals surface area contributed by atoms with Crippen molar-refractivity contribution in [2.24, 2.45) is 0 Å². The zero-order valence-electron chi connectivity index (χ0n) is 9.13. The summed E-state index contributed by atoms with van der Waals surface area (Å²) in [4.78, 5) is 11.2. The maximum atomic E-state index is 11.2. The quantitative estimate of drug-likeness (QED) is 0.703. The first-order valence-electron chi connectivity index (χ1n) is 4.98. The third-order valence-corrected chi connectivity index (χ3v) is 2.29. The van der Waals surface area contributed by atoms with Gasteiger partial charge in [0.2, 0.25) is 0 Å². The molecule has 0 aromatic heterocycles. The molecule has 2 atom stereocenters. The van der Waals surface area contributed by atoms with Crippen LogP contribution in [0.3, 0.4) is 0 Å². The van der Waals surface area contributed by atoms with Crippen LogP contribution in [0.5, 0.6) is 5.75 Å². The monoisotopic (exact) mass is 260 g/mol. The van der Waals surface area contributed by atoms with Gasteiger partial charge in [0.05, 0.1) is 6.61 Å². The second-order valence-electron chi connectivity index (χ2n) is 3.38. The van der Waals surface area contributed by atoms with Crippen molar-refractivity contribution < 1.29 is 24.9 Å². The molecule has 17 heavy (non-hydrogen) atoms. The predicted molar refractivity (Wildman–Crippen MR) is 60.7 cm³/mol. The second kappa shape index (κ2) is 5.86. The van der Waals surface area contributed by atoms with Crippen molar-refractivity contribution in [3.8, 4) is 5.75 Å². The van der Waals surface area contributed by atoms with Crippen LogP contribution in [-0.4, -0.2) is 34.0 Å². The van der Waals surface area contributed by atoms with Gasteiger partial charge in [-0.15, -0.1) is 0 Å². The van der Waals surface area contributed by atoms with Gasteiger partial charge in [-0.2, -0.15) is 0 Å². The van der Waals surface area contributed by atoms with E-state index in [0.29, 0.717) is 0 Å². The summed E-state index contributed by atoms with van der Waals surface area (Å²) >= 11 is 5.67. The number of aliphatic hydroxyl groups is 2. The predicted octanol–water partition coefficient (Wildman–Crippen LogP) is 1.00. The maximum absolute atomic E-state index is 11.2. The summed E-state index contributed by atoms with van der Waals surface area (Å²) in [5.74, 6) is -1.10. The first-order chi connectivity index (χ1) is 7.95. The van der Waals surface area contributed by atoms with Crippen molar-refractivity contribution in [2.75, 3.05) is 6.61 Å². The number of carbonyl (C=O) groups excluding carboxylic acids is 1. The molecule has 0 spiro atoms. The average Bonchev–Trinajstić information content (AvgIpc) is 2.26. The third-order valence-electron chi connectivity index (χ3n) is 2.07. The van der Waals surface area contributed by atoms with E-state index in [1.807, 2.05) is 0 Å². The number of halogens is 1. The molecule has 6 heteroatoms. The molecule has 1 aromatic rings. The molecule has 3 N–H and O–H groups in total. The number of phenolic OH excluding ortho intramolecular Hbond substituents is 1. The number of aromatic hydroxyl groups is 1. The molecule has 0 aliphatic carbocycles. The number of aliphatic hydroxyl groups excluding tert-OH is 2. The molecule has 2 unspecified atom stereocenters. The Bertz CT molecular complexity index is 387. The summed E-state index contributed by atoms with van der Waals surface area (Å²) < 4.78 is 4.56. The van der Waals surface area contributed by atoms with Crippen LogP contribution < -0.4 is 0 Å². The molecular formula is C11H13ClO5. The molecule has 0 radical (unpaired) electrons. The number of benzene rings is 1. The summed E-state index contributed by atoms with van der Waals surface area (Å²) in [6.07, 6.45) is -3.22. The lowest BCUT2D eigenvalue weighted by molar-refractivity contribution is -0.159. The first kappa shape index (κ1) is 13.8. The van der Waals surface area contributed by atoms with Gasteiger partial charge in [0.1, 0.15) is 11.9 Å². The highest BCUT2D eigenvalue weighted by Gasteiger charge is 2.27. The van der Waals surface area contributed by atoms with Crippen LogP contribution in [0.25, 0.3) is 0 Å². The Morgan fingerprint density at radius 3 is 2.59 bits per heavy atom. The Morgan fingerprint density at radius 2 is 2.06 bits per heavy atom. The molecule has 0 aliphatic heterocycles. The molecule has 0 saturated heterocycles.